The van der Waals surface area contributed by atoms with Gasteiger partial charge in [0.25, 0.3) is 0 Å². The summed E-state index contributed by atoms with van der Waals surface area (Å²) in [7, 11) is 3.02. The number of hydrogen-bond donors (Lipinski definition) is 3. The van der Waals surface area contributed by atoms with E-state index in [9.17, 15) is 39.0 Å². The lowest BCUT2D eigenvalue weighted by atomic mass is 9.52. The van der Waals surface area contributed by atoms with E-state index in [2.05, 4.69) is 0 Å². The Morgan fingerprint density at radius 2 is 1.84 bits per heavy atom. The molecule has 2 fully saturated rings. The van der Waals surface area contributed by atoms with Gasteiger partial charge in [-0.2, -0.15) is 0 Å². The Morgan fingerprint density at radius 3 is 2.43 bits per heavy atom. The molecule has 37 heavy (non-hydrogen) atoms. The van der Waals surface area contributed by atoms with E-state index in [1.54, 1.807) is 0 Å². The van der Waals surface area contributed by atoms with E-state index in [0.29, 0.717) is 6.42 Å². The molecule has 6 atom stereocenters. The number of unbranched alkanes of at least 4 members (excludes halogenated alkanes) is 1. The molecule has 3 aliphatic carbocycles. The number of ketones is 4. The van der Waals surface area contributed by atoms with Crippen LogP contribution in [0.3, 0.4) is 0 Å². The molecule has 4 N–H and O–H groups in total. The third-order valence-electron chi connectivity index (χ3n) is 7.90. The van der Waals surface area contributed by atoms with Crippen LogP contribution in [-0.2, 0) is 30.3 Å². The van der Waals surface area contributed by atoms with Crippen molar-refractivity contribution in [3.63, 3.8) is 0 Å². The monoisotopic (exact) mass is 514 g/mol. The lowest BCUT2D eigenvalue weighted by Crippen LogP contribution is -2.74. The number of amides is 1. The number of primary amides is 1. The molecule has 3 aliphatic rings. The van der Waals surface area contributed by atoms with E-state index in [1.165, 1.54) is 25.1 Å². The standard InChI is InChI=1S/C26H30N2O9/c1-4-5-8-37-25(35)12-6-7-15(29)17-13(12)9-11-10-14-19(28(2)3)21(31)18(24(27)34)23(33)26(14,36)22(32)16(11)20(17)30/h6-7,11,14,16,18-19,29,36H,4-5,8-10H2,1-3H3,(H2,27,34)/t11-,14-,16?,18?,19?,26-/m1/s1. The van der Waals surface area contributed by atoms with Crippen molar-refractivity contribution in [2.75, 3.05) is 20.7 Å². The topological polar surface area (TPSA) is 181 Å². The number of phenols is 1. The summed E-state index contributed by atoms with van der Waals surface area (Å²) in [6, 6.07) is 1.32. The fraction of sp³-hybridized carbons (Fsp3) is 0.538. The maximum absolute atomic E-state index is 13.7. The zero-order chi connectivity index (χ0) is 27.4. The number of aromatic hydroxyl groups is 1. The van der Waals surface area contributed by atoms with Gasteiger partial charge in [-0.1, -0.05) is 13.3 Å². The predicted molar refractivity (Wildman–Crippen MR) is 127 cm³/mol. The number of fused-ring (bicyclic) bond motifs is 3. The van der Waals surface area contributed by atoms with Crippen LogP contribution in [0.2, 0.25) is 0 Å². The normalized spacial score (nSPS) is 31.0. The van der Waals surface area contributed by atoms with Gasteiger partial charge in [-0.3, -0.25) is 28.9 Å². The third kappa shape index (κ3) is 3.88. The molecule has 0 heterocycles. The average molecular weight is 515 g/mol. The summed E-state index contributed by atoms with van der Waals surface area (Å²) in [4.78, 5) is 79.9. The summed E-state index contributed by atoms with van der Waals surface area (Å²) in [6.07, 6.45) is 1.35. The van der Waals surface area contributed by atoms with Crippen molar-refractivity contribution in [2.24, 2.45) is 29.4 Å². The second-order valence-electron chi connectivity index (χ2n) is 10.3. The minimum atomic E-state index is -2.79. The largest absolute Gasteiger partial charge is 0.507 e. The highest BCUT2D eigenvalue weighted by atomic mass is 16.5. The molecule has 1 aromatic rings. The van der Waals surface area contributed by atoms with Gasteiger partial charge in [0.05, 0.1) is 29.7 Å². The average Bonchev–Trinajstić information content (AvgIpc) is 2.81. The number of rotatable bonds is 6. The van der Waals surface area contributed by atoms with E-state index in [0.717, 1.165) is 12.5 Å². The van der Waals surface area contributed by atoms with Crippen molar-refractivity contribution in [3.05, 3.63) is 28.8 Å². The molecule has 11 heteroatoms. The van der Waals surface area contributed by atoms with Gasteiger partial charge in [0.1, 0.15) is 5.75 Å². The highest BCUT2D eigenvalue weighted by Gasteiger charge is 2.69. The smallest absolute Gasteiger partial charge is 0.338 e. The number of carbonyl (C=O) groups is 6. The molecule has 1 aromatic carbocycles. The molecule has 0 radical (unpaired) electrons. The molecule has 3 unspecified atom stereocenters. The molecule has 0 saturated heterocycles. The number of ether oxygens (including phenoxy) is 1. The van der Waals surface area contributed by atoms with Crippen molar-refractivity contribution in [3.8, 4) is 5.75 Å². The van der Waals surface area contributed by atoms with Gasteiger partial charge in [0.2, 0.25) is 5.91 Å². The molecular weight excluding hydrogens is 484 g/mol. The third-order valence-corrected chi connectivity index (χ3v) is 7.90. The number of nitrogens with zero attached hydrogens (tertiary/aromatic N) is 1. The van der Waals surface area contributed by atoms with Gasteiger partial charge in [0.15, 0.2) is 34.7 Å². The first kappa shape index (κ1) is 26.6. The summed E-state index contributed by atoms with van der Waals surface area (Å²) in [5, 5.41) is 22.1. The Morgan fingerprint density at radius 1 is 1.16 bits per heavy atom. The second-order valence-corrected chi connectivity index (χ2v) is 10.3. The SMILES string of the molecule is CCCCOC(=O)c1ccc(O)c2c1C[C@@H]1C[C@@H]3C(N(C)C)C(=O)C(C(N)=O)C(=O)[C@]3(O)C(=O)C1C2=O. The van der Waals surface area contributed by atoms with Crippen LogP contribution < -0.4 is 5.73 Å². The Kier molecular flexibility index (Phi) is 6.80. The van der Waals surface area contributed by atoms with Gasteiger partial charge < -0.3 is 20.7 Å². The van der Waals surface area contributed by atoms with E-state index in [1.807, 2.05) is 6.92 Å². The number of Topliss-reactive ketones (excluding diaryl/α,β-unsaturated/α-hetero) is 4. The van der Waals surface area contributed by atoms with E-state index in [4.69, 9.17) is 10.5 Å². The molecule has 0 spiro atoms. The quantitative estimate of drug-likeness (QED) is 0.262. The number of phenolic OH excluding ortho intramolecular Hbond substituents is 1. The molecule has 2 saturated carbocycles. The Bertz CT molecular complexity index is 1220. The zero-order valence-electron chi connectivity index (χ0n) is 20.9. The van der Waals surface area contributed by atoms with Crippen LogP contribution in [0.4, 0.5) is 0 Å². The van der Waals surface area contributed by atoms with E-state index < -0.39 is 76.1 Å². The molecule has 4 rings (SSSR count). The maximum atomic E-state index is 13.7. The fourth-order valence-electron chi connectivity index (χ4n) is 6.18. The van der Waals surface area contributed by atoms with Gasteiger partial charge in [-0.25, -0.2) is 4.79 Å². The van der Waals surface area contributed by atoms with Gasteiger partial charge in [0, 0.05) is 5.92 Å². The van der Waals surface area contributed by atoms with Crippen LogP contribution in [0.1, 0.15) is 52.5 Å². The first-order chi connectivity index (χ1) is 17.4. The second kappa shape index (κ2) is 9.46. The lowest BCUT2D eigenvalue weighted by Gasteiger charge is -2.52. The molecular formula is C26H30N2O9. The molecule has 11 nitrogen and oxygen atoms in total. The Labute approximate surface area is 212 Å². The minimum Gasteiger partial charge on any atom is -0.507 e. The summed E-state index contributed by atoms with van der Waals surface area (Å²) >= 11 is 0. The number of carbonyl (C=O) groups excluding carboxylic acids is 6. The van der Waals surface area contributed by atoms with Gasteiger partial charge >= 0.3 is 5.97 Å². The maximum Gasteiger partial charge on any atom is 0.338 e. The molecule has 0 aliphatic heterocycles. The lowest BCUT2D eigenvalue weighted by molar-refractivity contribution is -0.181. The molecule has 0 aromatic heterocycles. The van der Waals surface area contributed by atoms with Crippen LogP contribution >= 0.6 is 0 Å². The molecule has 0 bridgehead atoms. The van der Waals surface area contributed by atoms with Crippen molar-refractivity contribution in [1.29, 1.82) is 0 Å². The summed E-state index contributed by atoms with van der Waals surface area (Å²) in [5.74, 6) is -12.1. The van der Waals surface area contributed by atoms with E-state index >= 15 is 0 Å². The summed E-state index contributed by atoms with van der Waals surface area (Å²) < 4.78 is 5.30. The first-order valence-electron chi connectivity index (χ1n) is 12.2. The Hall–Kier alpha value is -3.44. The number of nitrogens with two attached hydrogens (primary N) is 1. The fourth-order valence-corrected chi connectivity index (χ4v) is 6.18. The highest BCUT2D eigenvalue weighted by Crippen LogP contribution is 2.51. The Balaban J connectivity index is 1.81. The van der Waals surface area contributed by atoms with Crippen molar-refractivity contribution < 1.29 is 43.7 Å². The zero-order valence-corrected chi connectivity index (χ0v) is 20.9. The van der Waals surface area contributed by atoms with Crippen molar-refractivity contribution in [2.45, 2.75) is 44.2 Å². The van der Waals surface area contributed by atoms with E-state index in [-0.39, 0.29) is 36.1 Å². The van der Waals surface area contributed by atoms with Gasteiger partial charge in [-0.05, 0) is 57.0 Å². The predicted octanol–water partition coefficient (Wildman–Crippen LogP) is -0.176. The van der Waals surface area contributed by atoms with Crippen LogP contribution in [0, 0.1) is 23.7 Å². The van der Waals surface area contributed by atoms with Gasteiger partial charge in [-0.15, -0.1) is 0 Å². The van der Waals surface area contributed by atoms with Crippen molar-refractivity contribution >= 4 is 35.0 Å². The summed E-state index contributed by atoms with van der Waals surface area (Å²) in [5.41, 5.74) is 2.57. The number of esters is 1. The van der Waals surface area contributed by atoms with Crippen LogP contribution in [0.15, 0.2) is 12.1 Å². The van der Waals surface area contributed by atoms with Crippen molar-refractivity contribution in [1.82, 2.24) is 4.90 Å². The number of aliphatic hydroxyl groups is 1. The number of likely N-dealkylation sites (N-methyl/N-ethyl adjacent to an activating group) is 1. The molecule has 198 valence electrons. The van der Waals surface area contributed by atoms with Crippen LogP contribution in [0.25, 0.3) is 0 Å². The summed E-state index contributed by atoms with van der Waals surface area (Å²) in [6.45, 7) is 2.11. The first-order valence-corrected chi connectivity index (χ1v) is 12.2. The molecule has 1 amide bonds. The number of benzene rings is 1. The van der Waals surface area contributed by atoms with Crippen LogP contribution in [-0.4, -0.2) is 82.5 Å². The number of hydrogen-bond acceptors (Lipinski definition) is 10. The van der Waals surface area contributed by atoms with Crippen LogP contribution in [0.5, 0.6) is 5.75 Å². The highest BCUT2D eigenvalue weighted by molar-refractivity contribution is 6.32. The minimum absolute atomic E-state index is 0.00154.